The standard InChI is InChI=1S/C22H24N4OS2/c1-3-12-26-20(15-28-14-18-9-5-4-6-10-18)24-25-22(26)29-16-21(27)23-19-11-7-8-17(2)13-19/h3-11,13H,1,12,14-16H2,2H3,(H,23,27). The number of carbonyl (C=O) groups is 1. The summed E-state index contributed by atoms with van der Waals surface area (Å²) < 4.78 is 2.02. The fourth-order valence-electron chi connectivity index (χ4n) is 2.73. The van der Waals surface area contributed by atoms with Gasteiger partial charge in [0.25, 0.3) is 0 Å². The molecular formula is C22H24N4OS2. The van der Waals surface area contributed by atoms with Crippen LogP contribution in [0.5, 0.6) is 0 Å². The van der Waals surface area contributed by atoms with E-state index in [4.69, 9.17) is 0 Å². The molecule has 0 bridgehead atoms. The van der Waals surface area contributed by atoms with Crippen molar-refractivity contribution in [2.75, 3.05) is 11.1 Å². The van der Waals surface area contributed by atoms with Crippen molar-refractivity contribution in [3.8, 4) is 0 Å². The summed E-state index contributed by atoms with van der Waals surface area (Å²) in [4.78, 5) is 12.3. The highest BCUT2D eigenvalue weighted by Crippen LogP contribution is 2.22. The molecule has 2 aromatic carbocycles. The molecule has 0 aliphatic carbocycles. The normalized spacial score (nSPS) is 10.7. The van der Waals surface area contributed by atoms with E-state index in [9.17, 15) is 4.79 Å². The Bertz CT molecular complexity index is 956. The van der Waals surface area contributed by atoms with E-state index < -0.39 is 0 Å². The molecule has 0 atom stereocenters. The number of benzene rings is 2. The van der Waals surface area contributed by atoms with Crippen LogP contribution in [0.25, 0.3) is 0 Å². The molecule has 0 radical (unpaired) electrons. The molecular weight excluding hydrogens is 400 g/mol. The van der Waals surface area contributed by atoms with Crippen LogP contribution in [0.4, 0.5) is 5.69 Å². The maximum absolute atomic E-state index is 12.3. The number of amides is 1. The lowest BCUT2D eigenvalue weighted by molar-refractivity contribution is -0.113. The SMILES string of the molecule is C=CCn1c(CSCc2ccccc2)nnc1SCC(=O)Nc1cccc(C)c1. The molecule has 0 spiro atoms. The van der Waals surface area contributed by atoms with Crippen LogP contribution in [0, 0.1) is 6.92 Å². The van der Waals surface area contributed by atoms with Gasteiger partial charge in [-0.15, -0.1) is 28.5 Å². The summed E-state index contributed by atoms with van der Waals surface area (Å²) in [7, 11) is 0. The second kappa shape index (κ2) is 10.9. The summed E-state index contributed by atoms with van der Waals surface area (Å²) in [5.74, 6) is 2.79. The molecule has 150 valence electrons. The Morgan fingerprint density at radius 3 is 2.72 bits per heavy atom. The van der Waals surface area contributed by atoms with Crippen LogP contribution >= 0.6 is 23.5 Å². The predicted molar refractivity (Wildman–Crippen MR) is 122 cm³/mol. The summed E-state index contributed by atoms with van der Waals surface area (Å²) in [5.41, 5.74) is 3.20. The van der Waals surface area contributed by atoms with Gasteiger partial charge in [-0.2, -0.15) is 0 Å². The van der Waals surface area contributed by atoms with E-state index in [0.29, 0.717) is 6.54 Å². The van der Waals surface area contributed by atoms with Crippen LogP contribution in [-0.2, 0) is 22.8 Å². The summed E-state index contributed by atoms with van der Waals surface area (Å²) in [6.45, 7) is 6.45. The maximum atomic E-state index is 12.3. The van der Waals surface area contributed by atoms with Crippen molar-refractivity contribution in [3.63, 3.8) is 0 Å². The zero-order valence-electron chi connectivity index (χ0n) is 16.4. The molecule has 5 nitrogen and oxygen atoms in total. The average Bonchev–Trinajstić information content (AvgIpc) is 3.09. The number of thioether (sulfide) groups is 2. The third kappa shape index (κ3) is 6.51. The maximum Gasteiger partial charge on any atom is 0.234 e. The Morgan fingerprint density at radius 2 is 1.97 bits per heavy atom. The Hall–Kier alpha value is -2.51. The molecule has 3 aromatic rings. The first-order valence-electron chi connectivity index (χ1n) is 9.29. The number of carbonyl (C=O) groups excluding carboxylic acids is 1. The van der Waals surface area contributed by atoms with E-state index in [1.807, 2.05) is 60.0 Å². The van der Waals surface area contributed by atoms with E-state index >= 15 is 0 Å². The van der Waals surface area contributed by atoms with Crippen LogP contribution in [-0.4, -0.2) is 26.4 Å². The number of aromatic nitrogens is 3. The molecule has 1 N–H and O–H groups in total. The first kappa shape index (κ1) is 21.2. The number of hydrogen-bond donors (Lipinski definition) is 1. The van der Waals surface area contributed by atoms with Crippen molar-refractivity contribution in [1.29, 1.82) is 0 Å². The largest absolute Gasteiger partial charge is 0.325 e. The van der Waals surface area contributed by atoms with E-state index in [1.165, 1.54) is 17.3 Å². The van der Waals surface area contributed by atoms with Crippen LogP contribution in [0.1, 0.15) is 17.0 Å². The van der Waals surface area contributed by atoms with E-state index in [2.05, 4.69) is 34.2 Å². The third-order valence-electron chi connectivity index (χ3n) is 4.08. The Morgan fingerprint density at radius 1 is 1.14 bits per heavy atom. The molecule has 1 heterocycles. The van der Waals surface area contributed by atoms with Crippen molar-refractivity contribution >= 4 is 35.1 Å². The monoisotopic (exact) mass is 424 g/mol. The number of allylic oxidation sites excluding steroid dienone is 1. The molecule has 7 heteroatoms. The van der Waals surface area contributed by atoms with Crippen LogP contribution < -0.4 is 5.32 Å². The van der Waals surface area contributed by atoms with Crippen molar-refractivity contribution in [2.45, 2.75) is 30.1 Å². The minimum Gasteiger partial charge on any atom is -0.325 e. The topological polar surface area (TPSA) is 59.8 Å². The van der Waals surface area contributed by atoms with Gasteiger partial charge in [0.2, 0.25) is 5.91 Å². The number of nitrogens with zero attached hydrogens (tertiary/aromatic N) is 3. The lowest BCUT2D eigenvalue weighted by atomic mass is 10.2. The minimum atomic E-state index is -0.0613. The second-order valence-electron chi connectivity index (χ2n) is 6.48. The molecule has 0 aliphatic rings. The highest BCUT2D eigenvalue weighted by atomic mass is 32.2. The van der Waals surface area contributed by atoms with Crippen LogP contribution in [0.3, 0.4) is 0 Å². The van der Waals surface area contributed by atoms with Gasteiger partial charge < -0.3 is 9.88 Å². The van der Waals surface area contributed by atoms with Crippen molar-refractivity contribution in [2.24, 2.45) is 0 Å². The molecule has 3 rings (SSSR count). The van der Waals surface area contributed by atoms with Crippen LogP contribution in [0.2, 0.25) is 0 Å². The first-order valence-corrected chi connectivity index (χ1v) is 11.4. The first-order chi connectivity index (χ1) is 14.2. The Labute approximate surface area is 180 Å². The van der Waals surface area contributed by atoms with Gasteiger partial charge in [-0.3, -0.25) is 4.79 Å². The molecule has 1 amide bonds. The summed E-state index contributed by atoms with van der Waals surface area (Å²) in [6.07, 6.45) is 1.82. The zero-order chi connectivity index (χ0) is 20.5. The molecule has 0 fully saturated rings. The fourth-order valence-corrected chi connectivity index (χ4v) is 4.42. The fraction of sp³-hybridized carbons (Fsp3) is 0.227. The van der Waals surface area contributed by atoms with Gasteiger partial charge in [-0.05, 0) is 30.2 Å². The Kier molecular flexibility index (Phi) is 7.95. The summed E-state index contributed by atoms with van der Waals surface area (Å²) >= 11 is 3.18. The van der Waals surface area contributed by atoms with Crippen molar-refractivity contribution < 1.29 is 4.79 Å². The number of anilines is 1. The van der Waals surface area contributed by atoms with Gasteiger partial charge in [0, 0.05) is 18.0 Å². The summed E-state index contributed by atoms with van der Waals surface area (Å²) in [6, 6.07) is 18.1. The highest BCUT2D eigenvalue weighted by Gasteiger charge is 2.14. The Balaban J connectivity index is 1.56. The molecule has 0 saturated carbocycles. The van der Waals surface area contributed by atoms with Gasteiger partial charge >= 0.3 is 0 Å². The molecule has 1 aromatic heterocycles. The smallest absolute Gasteiger partial charge is 0.234 e. The van der Waals surface area contributed by atoms with Gasteiger partial charge in [0.05, 0.1) is 11.5 Å². The average molecular weight is 425 g/mol. The number of hydrogen-bond acceptors (Lipinski definition) is 5. The molecule has 0 unspecified atom stereocenters. The molecule has 29 heavy (non-hydrogen) atoms. The number of aryl methyl sites for hydroxylation is 1. The number of rotatable bonds is 10. The molecule has 0 saturated heterocycles. The third-order valence-corrected chi connectivity index (χ3v) is 6.05. The van der Waals surface area contributed by atoms with Gasteiger partial charge in [0.1, 0.15) is 5.82 Å². The minimum absolute atomic E-state index is 0.0613. The van der Waals surface area contributed by atoms with Crippen molar-refractivity contribution in [3.05, 3.63) is 84.2 Å². The highest BCUT2D eigenvalue weighted by molar-refractivity contribution is 7.99. The van der Waals surface area contributed by atoms with Crippen molar-refractivity contribution in [1.82, 2.24) is 14.8 Å². The number of nitrogens with one attached hydrogen (secondary N) is 1. The van der Waals surface area contributed by atoms with Gasteiger partial charge in [-0.25, -0.2) is 0 Å². The van der Waals surface area contributed by atoms with Gasteiger partial charge in [0.15, 0.2) is 5.16 Å². The zero-order valence-corrected chi connectivity index (χ0v) is 18.0. The lowest BCUT2D eigenvalue weighted by Gasteiger charge is -2.08. The molecule has 0 aliphatic heterocycles. The predicted octanol–water partition coefficient (Wildman–Crippen LogP) is 4.94. The lowest BCUT2D eigenvalue weighted by Crippen LogP contribution is -2.14. The van der Waals surface area contributed by atoms with Gasteiger partial charge in [-0.1, -0.05) is 60.3 Å². The van der Waals surface area contributed by atoms with Crippen LogP contribution in [0.15, 0.2) is 72.4 Å². The summed E-state index contributed by atoms with van der Waals surface area (Å²) in [5, 5.41) is 12.3. The van der Waals surface area contributed by atoms with E-state index in [0.717, 1.165) is 33.7 Å². The van der Waals surface area contributed by atoms with E-state index in [1.54, 1.807) is 11.8 Å². The second-order valence-corrected chi connectivity index (χ2v) is 8.41. The van der Waals surface area contributed by atoms with E-state index in [-0.39, 0.29) is 11.7 Å². The quantitative estimate of drug-likeness (QED) is 0.369.